The first-order valence-corrected chi connectivity index (χ1v) is 8.45. The molecule has 2 aliphatic carbocycles. The van der Waals surface area contributed by atoms with Crippen molar-refractivity contribution in [2.24, 2.45) is 11.8 Å². The van der Waals surface area contributed by atoms with Crippen LogP contribution in [-0.4, -0.2) is 22.6 Å². The molecule has 4 nitrogen and oxygen atoms in total. The van der Waals surface area contributed by atoms with Crippen LogP contribution in [0.25, 0.3) is 0 Å². The highest BCUT2D eigenvalue weighted by Crippen LogP contribution is 2.39. The molecule has 3 rings (SSSR count). The molecule has 1 heterocycles. The lowest BCUT2D eigenvalue weighted by Crippen LogP contribution is -2.29. The van der Waals surface area contributed by atoms with Crippen molar-refractivity contribution >= 4 is 5.82 Å². The van der Waals surface area contributed by atoms with Crippen molar-refractivity contribution in [2.75, 3.05) is 11.9 Å². The molecule has 4 heteroatoms. The van der Waals surface area contributed by atoms with E-state index in [1.165, 1.54) is 19.3 Å². The molecule has 0 radical (unpaired) electrons. The molecular formula is C17H27N3O. The van der Waals surface area contributed by atoms with Gasteiger partial charge in [-0.15, -0.1) is 0 Å². The minimum atomic E-state index is 0.313. The van der Waals surface area contributed by atoms with Crippen LogP contribution in [0, 0.1) is 11.8 Å². The Bertz CT molecular complexity index is 487. The van der Waals surface area contributed by atoms with Gasteiger partial charge in [-0.1, -0.05) is 13.8 Å². The number of rotatable bonds is 5. The van der Waals surface area contributed by atoms with Crippen molar-refractivity contribution in [2.45, 2.75) is 64.9 Å². The Hall–Kier alpha value is -1.32. The van der Waals surface area contributed by atoms with Gasteiger partial charge < -0.3 is 10.1 Å². The Balaban J connectivity index is 1.71. The summed E-state index contributed by atoms with van der Waals surface area (Å²) in [5, 5.41) is 3.29. The number of hydrogen-bond acceptors (Lipinski definition) is 4. The fourth-order valence-corrected chi connectivity index (χ4v) is 3.07. The molecule has 2 saturated carbocycles. The average Bonchev–Trinajstić information content (AvgIpc) is 3.28. The summed E-state index contributed by atoms with van der Waals surface area (Å²) < 4.78 is 6.19. The summed E-state index contributed by atoms with van der Waals surface area (Å²) in [7, 11) is 0. The van der Waals surface area contributed by atoms with Gasteiger partial charge in [0.05, 0.1) is 0 Å². The molecule has 116 valence electrons. The van der Waals surface area contributed by atoms with E-state index in [9.17, 15) is 0 Å². The van der Waals surface area contributed by atoms with Crippen LogP contribution in [0.15, 0.2) is 6.07 Å². The molecule has 3 unspecified atom stereocenters. The van der Waals surface area contributed by atoms with Crippen LogP contribution < -0.4 is 10.1 Å². The van der Waals surface area contributed by atoms with Crippen molar-refractivity contribution in [1.82, 2.24) is 9.97 Å². The normalized spacial score (nSPS) is 29.2. The van der Waals surface area contributed by atoms with Crippen molar-refractivity contribution < 1.29 is 4.74 Å². The first-order chi connectivity index (χ1) is 10.2. The maximum Gasteiger partial charge on any atom is 0.219 e. The number of aromatic nitrogens is 2. The minimum absolute atomic E-state index is 0.313. The predicted octanol–water partition coefficient (Wildman–Crippen LogP) is 3.99. The van der Waals surface area contributed by atoms with E-state index in [1.807, 2.05) is 6.07 Å². The topological polar surface area (TPSA) is 47.0 Å². The largest absolute Gasteiger partial charge is 0.474 e. The molecule has 2 fully saturated rings. The highest BCUT2D eigenvalue weighted by Gasteiger charge is 2.29. The fourth-order valence-electron chi connectivity index (χ4n) is 3.07. The lowest BCUT2D eigenvalue weighted by Gasteiger charge is -2.32. The summed E-state index contributed by atoms with van der Waals surface area (Å²) in [6.45, 7) is 7.64. The first-order valence-electron chi connectivity index (χ1n) is 8.45. The zero-order valence-corrected chi connectivity index (χ0v) is 13.4. The van der Waals surface area contributed by atoms with Crippen LogP contribution in [-0.2, 0) is 0 Å². The Labute approximate surface area is 127 Å². The highest BCUT2D eigenvalue weighted by atomic mass is 16.5. The standard InChI is InChI=1S/C17H27N3O/c1-4-18-15-10-16(20-17(19-15)13-6-7-13)21-14-8-5-11(2)12(3)9-14/h10-14H,4-9H2,1-3H3,(H,18,19,20). The maximum absolute atomic E-state index is 6.19. The molecule has 1 aromatic rings. The zero-order valence-electron chi connectivity index (χ0n) is 13.4. The van der Waals surface area contributed by atoms with Crippen LogP contribution in [0.1, 0.15) is 64.6 Å². The second kappa shape index (κ2) is 6.20. The molecule has 21 heavy (non-hydrogen) atoms. The molecule has 2 aliphatic rings. The first kappa shape index (κ1) is 14.6. The third-order valence-corrected chi connectivity index (χ3v) is 4.86. The number of ether oxygens (including phenoxy) is 1. The summed E-state index contributed by atoms with van der Waals surface area (Å²) >= 11 is 0. The second-order valence-corrected chi connectivity index (χ2v) is 6.76. The van der Waals surface area contributed by atoms with Crippen molar-refractivity contribution in [3.05, 3.63) is 11.9 Å². The van der Waals surface area contributed by atoms with Crippen LogP contribution >= 0.6 is 0 Å². The molecule has 1 N–H and O–H groups in total. The Morgan fingerprint density at radius 3 is 2.62 bits per heavy atom. The van der Waals surface area contributed by atoms with Crippen LogP contribution in [0.2, 0.25) is 0 Å². The fraction of sp³-hybridized carbons (Fsp3) is 0.765. The molecule has 0 saturated heterocycles. The van der Waals surface area contributed by atoms with Crippen molar-refractivity contribution in [3.8, 4) is 5.88 Å². The van der Waals surface area contributed by atoms with Crippen molar-refractivity contribution in [3.63, 3.8) is 0 Å². The van der Waals surface area contributed by atoms with Gasteiger partial charge in [0.15, 0.2) is 0 Å². The Morgan fingerprint density at radius 2 is 1.95 bits per heavy atom. The van der Waals surface area contributed by atoms with E-state index in [-0.39, 0.29) is 0 Å². The van der Waals surface area contributed by atoms with Crippen LogP contribution in [0.5, 0.6) is 5.88 Å². The van der Waals surface area contributed by atoms with E-state index in [0.717, 1.165) is 48.7 Å². The van der Waals surface area contributed by atoms with Gasteiger partial charge in [0.25, 0.3) is 0 Å². The van der Waals surface area contributed by atoms with Gasteiger partial charge in [-0.25, -0.2) is 4.98 Å². The third-order valence-electron chi connectivity index (χ3n) is 4.86. The summed E-state index contributed by atoms with van der Waals surface area (Å²) in [6, 6.07) is 1.96. The van der Waals surface area contributed by atoms with Gasteiger partial charge in [0.2, 0.25) is 5.88 Å². The lowest BCUT2D eigenvalue weighted by molar-refractivity contribution is 0.0961. The van der Waals surface area contributed by atoms with E-state index in [2.05, 4.69) is 36.1 Å². The summed E-state index contributed by atoms with van der Waals surface area (Å²) in [5.41, 5.74) is 0. The second-order valence-electron chi connectivity index (χ2n) is 6.76. The quantitative estimate of drug-likeness (QED) is 0.890. The van der Waals surface area contributed by atoms with Crippen LogP contribution in [0.3, 0.4) is 0 Å². The molecule has 0 aromatic carbocycles. The molecule has 0 bridgehead atoms. The molecule has 1 aromatic heterocycles. The molecule has 3 atom stereocenters. The van der Waals surface area contributed by atoms with Gasteiger partial charge in [-0.2, -0.15) is 4.98 Å². The number of nitrogens with one attached hydrogen (secondary N) is 1. The molecule has 0 spiro atoms. The van der Waals surface area contributed by atoms with E-state index in [0.29, 0.717) is 12.0 Å². The van der Waals surface area contributed by atoms with Gasteiger partial charge >= 0.3 is 0 Å². The molecule has 0 aliphatic heterocycles. The summed E-state index contributed by atoms with van der Waals surface area (Å²) in [5.74, 6) is 4.73. The minimum Gasteiger partial charge on any atom is -0.474 e. The highest BCUT2D eigenvalue weighted by molar-refractivity contribution is 5.39. The predicted molar refractivity (Wildman–Crippen MR) is 84.8 cm³/mol. The molecule has 0 amide bonds. The number of anilines is 1. The summed E-state index contributed by atoms with van der Waals surface area (Å²) in [6.07, 6.45) is 6.28. The van der Waals surface area contributed by atoms with Gasteiger partial charge in [0, 0.05) is 18.5 Å². The van der Waals surface area contributed by atoms with E-state index in [4.69, 9.17) is 4.74 Å². The third kappa shape index (κ3) is 3.66. The number of hydrogen-bond donors (Lipinski definition) is 1. The van der Waals surface area contributed by atoms with Gasteiger partial charge in [-0.05, 0) is 50.9 Å². The smallest absolute Gasteiger partial charge is 0.219 e. The number of nitrogens with zero attached hydrogens (tertiary/aromatic N) is 2. The van der Waals surface area contributed by atoms with Gasteiger partial charge in [-0.3, -0.25) is 0 Å². The Kier molecular flexibility index (Phi) is 4.32. The SMILES string of the molecule is CCNc1cc(OC2CCC(C)C(C)C2)nc(C2CC2)n1. The van der Waals surface area contributed by atoms with E-state index < -0.39 is 0 Å². The van der Waals surface area contributed by atoms with E-state index >= 15 is 0 Å². The van der Waals surface area contributed by atoms with E-state index in [1.54, 1.807) is 0 Å². The monoisotopic (exact) mass is 289 g/mol. The lowest BCUT2D eigenvalue weighted by atomic mass is 9.80. The zero-order chi connectivity index (χ0) is 14.8. The Morgan fingerprint density at radius 1 is 1.14 bits per heavy atom. The molecular weight excluding hydrogens is 262 g/mol. The van der Waals surface area contributed by atoms with Crippen LogP contribution in [0.4, 0.5) is 5.82 Å². The van der Waals surface area contributed by atoms with Crippen molar-refractivity contribution in [1.29, 1.82) is 0 Å². The summed E-state index contributed by atoms with van der Waals surface area (Å²) in [4.78, 5) is 9.25. The average molecular weight is 289 g/mol. The van der Waals surface area contributed by atoms with Gasteiger partial charge in [0.1, 0.15) is 17.7 Å². The maximum atomic E-state index is 6.19.